The molecule has 0 atom stereocenters. The normalized spacial score (nSPS) is 10.9. The van der Waals surface area contributed by atoms with Crippen LogP contribution in [0.25, 0.3) is 0 Å². The summed E-state index contributed by atoms with van der Waals surface area (Å²) in [5.41, 5.74) is 7.53. The molecular weight excluding hydrogens is 318 g/mol. The van der Waals surface area contributed by atoms with Crippen LogP contribution in [0.2, 0.25) is 0 Å². The molecule has 0 spiro atoms. The van der Waals surface area contributed by atoms with Gasteiger partial charge in [-0.15, -0.1) is 0 Å². The molecule has 0 aliphatic carbocycles. The second kappa shape index (κ2) is 6.72. The van der Waals surface area contributed by atoms with Gasteiger partial charge in [-0.2, -0.15) is 0 Å². The Morgan fingerprint density at radius 1 is 1.20 bits per heavy atom. The van der Waals surface area contributed by atoms with Crippen molar-refractivity contribution in [3.05, 3.63) is 63.0 Å². The van der Waals surface area contributed by atoms with E-state index in [2.05, 4.69) is 33.0 Å². The summed E-state index contributed by atoms with van der Waals surface area (Å²) in [6.07, 6.45) is 1.69. The third-order valence-corrected chi connectivity index (χ3v) is 3.62. The number of likely N-dealkylation sites (N-methyl/N-ethyl adjacent to an activating group) is 1. The summed E-state index contributed by atoms with van der Waals surface area (Å²) < 4.78 is 2.73. The summed E-state index contributed by atoms with van der Waals surface area (Å²) in [6, 6.07) is 11.4. The van der Waals surface area contributed by atoms with Crippen molar-refractivity contribution in [2.75, 3.05) is 19.3 Å². The van der Waals surface area contributed by atoms with Gasteiger partial charge in [-0.25, -0.2) is 0 Å². The number of pyridine rings is 1. The summed E-state index contributed by atoms with van der Waals surface area (Å²) in [4.78, 5) is 13.8. The highest BCUT2D eigenvalue weighted by molar-refractivity contribution is 9.10. The number of hydrogen-bond acceptors (Lipinski definition) is 3. The van der Waals surface area contributed by atoms with Crippen molar-refractivity contribution in [3.8, 4) is 0 Å². The molecule has 0 amide bonds. The zero-order chi connectivity index (χ0) is 14.5. The summed E-state index contributed by atoms with van der Waals surface area (Å²) in [6.45, 7) is 2.28. The highest BCUT2D eigenvalue weighted by atomic mass is 79.9. The lowest BCUT2D eigenvalue weighted by Crippen LogP contribution is -2.27. The number of anilines is 1. The van der Waals surface area contributed by atoms with Crippen LogP contribution in [0.15, 0.2) is 51.9 Å². The molecular formula is C15H18BrN3O. The second-order valence-corrected chi connectivity index (χ2v) is 5.77. The van der Waals surface area contributed by atoms with Crippen molar-refractivity contribution in [2.45, 2.75) is 13.1 Å². The summed E-state index contributed by atoms with van der Waals surface area (Å²) in [7, 11) is 2.04. The SMILES string of the molecule is CN(CCn1cc(N)ccc1=O)Cc1ccc(Br)cc1. The molecule has 2 rings (SSSR count). The maximum absolute atomic E-state index is 11.7. The first-order chi connectivity index (χ1) is 9.54. The molecule has 20 heavy (non-hydrogen) atoms. The Hall–Kier alpha value is -1.59. The van der Waals surface area contributed by atoms with Crippen LogP contribution in [-0.2, 0) is 13.1 Å². The zero-order valence-corrected chi connectivity index (χ0v) is 13.0. The van der Waals surface area contributed by atoms with Crippen molar-refractivity contribution >= 4 is 21.6 Å². The maximum Gasteiger partial charge on any atom is 0.250 e. The minimum atomic E-state index is -0.0174. The van der Waals surface area contributed by atoms with Crippen molar-refractivity contribution in [3.63, 3.8) is 0 Å². The molecule has 0 fully saturated rings. The topological polar surface area (TPSA) is 51.3 Å². The summed E-state index contributed by atoms with van der Waals surface area (Å²) in [5.74, 6) is 0. The van der Waals surface area contributed by atoms with E-state index in [1.165, 1.54) is 11.6 Å². The van der Waals surface area contributed by atoms with Gasteiger partial charge >= 0.3 is 0 Å². The summed E-state index contributed by atoms with van der Waals surface area (Å²) >= 11 is 3.42. The predicted molar refractivity (Wildman–Crippen MR) is 85.6 cm³/mol. The molecule has 0 saturated heterocycles. The molecule has 0 bridgehead atoms. The van der Waals surface area contributed by atoms with Crippen molar-refractivity contribution in [1.29, 1.82) is 0 Å². The summed E-state index contributed by atoms with van der Waals surface area (Å²) in [5, 5.41) is 0. The van der Waals surface area contributed by atoms with E-state index in [4.69, 9.17) is 5.73 Å². The van der Waals surface area contributed by atoms with E-state index in [0.29, 0.717) is 12.2 Å². The monoisotopic (exact) mass is 335 g/mol. The molecule has 2 aromatic rings. The van der Waals surface area contributed by atoms with E-state index in [1.807, 2.05) is 19.2 Å². The van der Waals surface area contributed by atoms with Crippen LogP contribution in [0.4, 0.5) is 5.69 Å². The Labute approximate surface area is 127 Å². The molecule has 1 heterocycles. The van der Waals surface area contributed by atoms with E-state index in [9.17, 15) is 4.79 Å². The number of nitrogen functional groups attached to an aromatic ring is 1. The molecule has 0 aliphatic rings. The highest BCUT2D eigenvalue weighted by Crippen LogP contribution is 2.11. The van der Waals surface area contributed by atoms with Gasteiger partial charge in [-0.05, 0) is 30.8 Å². The lowest BCUT2D eigenvalue weighted by molar-refractivity contribution is 0.310. The fourth-order valence-electron chi connectivity index (χ4n) is 1.98. The first kappa shape index (κ1) is 14.8. The van der Waals surface area contributed by atoms with Gasteiger partial charge < -0.3 is 15.2 Å². The van der Waals surface area contributed by atoms with Gasteiger partial charge in [0.2, 0.25) is 0 Å². The van der Waals surface area contributed by atoms with Crippen LogP contribution in [0.3, 0.4) is 0 Å². The van der Waals surface area contributed by atoms with Crippen LogP contribution in [-0.4, -0.2) is 23.1 Å². The van der Waals surface area contributed by atoms with Crippen LogP contribution in [0.5, 0.6) is 0 Å². The fourth-order valence-corrected chi connectivity index (χ4v) is 2.25. The number of aromatic nitrogens is 1. The zero-order valence-electron chi connectivity index (χ0n) is 11.4. The lowest BCUT2D eigenvalue weighted by Gasteiger charge is -2.17. The van der Waals surface area contributed by atoms with E-state index in [-0.39, 0.29) is 5.56 Å². The first-order valence-corrected chi connectivity index (χ1v) is 7.23. The Morgan fingerprint density at radius 2 is 1.90 bits per heavy atom. The highest BCUT2D eigenvalue weighted by Gasteiger charge is 2.02. The molecule has 0 unspecified atom stereocenters. The molecule has 1 aromatic carbocycles. The number of nitrogens with two attached hydrogens (primary N) is 1. The second-order valence-electron chi connectivity index (χ2n) is 4.86. The average Bonchev–Trinajstić information content (AvgIpc) is 2.42. The molecule has 0 aliphatic heterocycles. The van der Waals surface area contributed by atoms with Crippen LogP contribution >= 0.6 is 15.9 Å². The number of benzene rings is 1. The van der Waals surface area contributed by atoms with Crippen LogP contribution < -0.4 is 11.3 Å². The smallest absolute Gasteiger partial charge is 0.250 e. The van der Waals surface area contributed by atoms with Gasteiger partial charge in [0.15, 0.2) is 0 Å². The van der Waals surface area contributed by atoms with E-state index < -0.39 is 0 Å². The van der Waals surface area contributed by atoms with Gasteiger partial charge in [-0.1, -0.05) is 28.1 Å². The first-order valence-electron chi connectivity index (χ1n) is 6.43. The van der Waals surface area contributed by atoms with Crippen LogP contribution in [0, 0.1) is 0 Å². The standard InChI is InChI=1S/C15H18BrN3O/c1-18(10-12-2-4-13(16)5-3-12)8-9-19-11-14(17)6-7-15(19)20/h2-7,11H,8-10,17H2,1H3. The third-order valence-electron chi connectivity index (χ3n) is 3.09. The Morgan fingerprint density at radius 3 is 2.60 bits per heavy atom. The van der Waals surface area contributed by atoms with Gasteiger partial charge in [0.1, 0.15) is 0 Å². The number of rotatable bonds is 5. The third kappa shape index (κ3) is 4.21. The quantitative estimate of drug-likeness (QED) is 0.912. The van der Waals surface area contributed by atoms with Gasteiger partial charge in [-0.3, -0.25) is 4.79 Å². The van der Waals surface area contributed by atoms with Crippen LogP contribution in [0.1, 0.15) is 5.56 Å². The molecule has 0 saturated carbocycles. The fraction of sp³-hybridized carbons (Fsp3) is 0.267. The molecule has 0 radical (unpaired) electrons. The minimum Gasteiger partial charge on any atom is -0.398 e. The van der Waals surface area contributed by atoms with Crippen molar-refractivity contribution in [1.82, 2.24) is 9.47 Å². The molecule has 1 aromatic heterocycles. The lowest BCUT2D eigenvalue weighted by atomic mass is 10.2. The molecule has 5 heteroatoms. The van der Waals surface area contributed by atoms with Crippen molar-refractivity contribution in [2.24, 2.45) is 0 Å². The predicted octanol–water partition coefficient (Wildman–Crippen LogP) is 2.32. The molecule has 4 nitrogen and oxygen atoms in total. The van der Waals surface area contributed by atoms with E-state index >= 15 is 0 Å². The Bertz CT molecular complexity index is 622. The van der Waals surface area contributed by atoms with Gasteiger partial charge in [0, 0.05) is 42.1 Å². The Kier molecular flexibility index (Phi) is 4.98. The van der Waals surface area contributed by atoms with E-state index in [0.717, 1.165) is 17.6 Å². The van der Waals surface area contributed by atoms with E-state index in [1.54, 1.807) is 16.8 Å². The van der Waals surface area contributed by atoms with Gasteiger partial charge in [0.05, 0.1) is 0 Å². The number of nitrogens with zero attached hydrogens (tertiary/aromatic N) is 2. The average molecular weight is 336 g/mol. The largest absolute Gasteiger partial charge is 0.398 e. The molecule has 2 N–H and O–H groups in total. The van der Waals surface area contributed by atoms with Gasteiger partial charge in [0.25, 0.3) is 5.56 Å². The number of hydrogen-bond donors (Lipinski definition) is 1. The minimum absolute atomic E-state index is 0.0174. The number of halogens is 1. The Balaban J connectivity index is 1.92. The van der Waals surface area contributed by atoms with Crippen molar-refractivity contribution < 1.29 is 0 Å². The molecule has 106 valence electrons. The maximum atomic E-state index is 11.7.